The second-order valence-corrected chi connectivity index (χ2v) is 9.71. The van der Waals surface area contributed by atoms with Crippen molar-refractivity contribution in [3.63, 3.8) is 0 Å². The Balaban J connectivity index is 1.38. The molecule has 0 spiro atoms. The smallest absolute Gasteiger partial charge is 0.145 e. The van der Waals surface area contributed by atoms with E-state index >= 15 is 0 Å². The van der Waals surface area contributed by atoms with Gasteiger partial charge < -0.3 is 0 Å². The van der Waals surface area contributed by atoms with Crippen molar-refractivity contribution in [2.45, 2.75) is 13.8 Å². The Kier molecular flexibility index (Phi) is 5.19. The summed E-state index contributed by atoms with van der Waals surface area (Å²) in [7, 11) is 0. The maximum absolute atomic E-state index is 5.15. The Hall–Kier alpha value is -4.96. The molecule has 0 saturated carbocycles. The minimum atomic E-state index is 0.944. The number of fused-ring (bicyclic) bond motifs is 2. The quantitative estimate of drug-likeness (QED) is 0.249. The second kappa shape index (κ2) is 8.86. The monoisotopic (exact) mass is 490 g/mol. The summed E-state index contributed by atoms with van der Waals surface area (Å²) in [6.45, 7) is 4.18. The van der Waals surface area contributed by atoms with Crippen molar-refractivity contribution < 1.29 is 0 Å². The highest BCUT2D eigenvalue weighted by molar-refractivity contribution is 5.90. The standard InChI is InChI=1S/C34H26N4/c1-23-10-9-11-27(20-23)34-36-31-22-26(17-19-33(31)38(34)29-14-7-4-8-15-29)25-16-18-32-30(21-25)35-24(2)37(32)28-12-5-3-6-13-28/h3-22H,1-2H3. The molecule has 0 bridgehead atoms. The number of rotatable bonds is 4. The fourth-order valence-electron chi connectivity index (χ4n) is 5.36. The summed E-state index contributed by atoms with van der Waals surface area (Å²) in [6, 6.07) is 42.5. The van der Waals surface area contributed by atoms with Gasteiger partial charge in [0.1, 0.15) is 11.6 Å². The van der Waals surface area contributed by atoms with Crippen molar-refractivity contribution in [2.75, 3.05) is 0 Å². The highest BCUT2D eigenvalue weighted by Crippen LogP contribution is 2.33. The third kappa shape index (κ3) is 3.70. The number of aromatic nitrogens is 4. The van der Waals surface area contributed by atoms with E-state index in [4.69, 9.17) is 9.97 Å². The first-order valence-electron chi connectivity index (χ1n) is 12.9. The van der Waals surface area contributed by atoms with Gasteiger partial charge in [0.25, 0.3) is 0 Å². The van der Waals surface area contributed by atoms with Crippen LogP contribution in [0.1, 0.15) is 11.4 Å². The Morgan fingerprint density at radius 3 is 1.68 bits per heavy atom. The SMILES string of the molecule is Cc1cccc(-c2nc3cc(-c4ccc5c(c4)nc(C)n5-c4ccccc4)ccc3n2-c2ccccc2)c1. The number of hydrogen-bond donors (Lipinski definition) is 0. The van der Waals surface area contributed by atoms with Crippen LogP contribution in [0.5, 0.6) is 0 Å². The third-order valence-corrected chi connectivity index (χ3v) is 7.12. The van der Waals surface area contributed by atoms with Gasteiger partial charge in [-0.3, -0.25) is 9.13 Å². The fourth-order valence-corrected chi connectivity index (χ4v) is 5.36. The summed E-state index contributed by atoms with van der Waals surface area (Å²) >= 11 is 0. The van der Waals surface area contributed by atoms with Gasteiger partial charge in [-0.15, -0.1) is 0 Å². The van der Waals surface area contributed by atoms with E-state index in [-0.39, 0.29) is 0 Å². The molecule has 0 unspecified atom stereocenters. The van der Waals surface area contributed by atoms with Crippen LogP contribution < -0.4 is 0 Å². The highest BCUT2D eigenvalue weighted by atomic mass is 15.1. The Morgan fingerprint density at radius 2 is 1.05 bits per heavy atom. The zero-order valence-electron chi connectivity index (χ0n) is 21.3. The van der Waals surface area contributed by atoms with E-state index in [0.29, 0.717) is 0 Å². The van der Waals surface area contributed by atoms with Crippen molar-refractivity contribution >= 4 is 22.1 Å². The van der Waals surface area contributed by atoms with E-state index in [9.17, 15) is 0 Å². The first kappa shape index (κ1) is 22.3. The summed E-state index contributed by atoms with van der Waals surface area (Å²) in [4.78, 5) is 10.0. The van der Waals surface area contributed by atoms with Crippen LogP contribution in [-0.4, -0.2) is 19.1 Å². The molecule has 0 radical (unpaired) electrons. The third-order valence-electron chi connectivity index (χ3n) is 7.12. The van der Waals surface area contributed by atoms with Crippen molar-refractivity contribution in [3.8, 4) is 33.9 Å². The van der Waals surface area contributed by atoms with Gasteiger partial charge in [-0.1, -0.05) is 72.3 Å². The number of benzene rings is 5. The van der Waals surface area contributed by atoms with E-state index in [0.717, 1.165) is 61.8 Å². The van der Waals surface area contributed by atoms with Crippen molar-refractivity contribution in [2.24, 2.45) is 0 Å². The van der Waals surface area contributed by atoms with E-state index in [1.165, 1.54) is 5.56 Å². The molecule has 0 aliphatic heterocycles. The van der Waals surface area contributed by atoms with E-state index in [2.05, 4.69) is 132 Å². The maximum Gasteiger partial charge on any atom is 0.145 e. The predicted molar refractivity (Wildman–Crippen MR) is 156 cm³/mol. The zero-order valence-corrected chi connectivity index (χ0v) is 21.3. The molecule has 0 saturated heterocycles. The average Bonchev–Trinajstić information content (AvgIpc) is 3.50. The molecule has 0 fully saturated rings. The molecule has 5 aromatic carbocycles. The lowest BCUT2D eigenvalue weighted by Crippen LogP contribution is -1.97. The first-order chi connectivity index (χ1) is 18.7. The van der Waals surface area contributed by atoms with E-state index in [1.807, 2.05) is 12.1 Å². The predicted octanol–water partition coefficient (Wildman–Crippen LogP) is 8.32. The first-order valence-corrected chi connectivity index (χ1v) is 12.9. The van der Waals surface area contributed by atoms with Gasteiger partial charge in [-0.2, -0.15) is 0 Å². The van der Waals surface area contributed by atoms with Crippen LogP contribution in [-0.2, 0) is 0 Å². The summed E-state index contributed by atoms with van der Waals surface area (Å²) in [5.74, 6) is 1.92. The highest BCUT2D eigenvalue weighted by Gasteiger charge is 2.16. The largest absolute Gasteiger partial charge is 0.297 e. The van der Waals surface area contributed by atoms with Crippen molar-refractivity contribution in [1.29, 1.82) is 0 Å². The van der Waals surface area contributed by atoms with Crippen LogP contribution in [0.4, 0.5) is 0 Å². The molecule has 0 aliphatic rings. The van der Waals surface area contributed by atoms with Gasteiger partial charge in [0, 0.05) is 16.9 Å². The summed E-state index contributed by atoms with van der Waals surface area (Å²) in [6.07, 6.45) is 0. The van der Waals surface area contributed by atoms with Crippen molar-refractivity contribution in [3.05, 3.63) is 133 Å². The van der Waals surface area contributed by atoms with Crippen molar-refractivity contribution in [1.82, 2.24) is 19.1 Å². The number of nitrogens with zero attached hydrogens (tertiary/aromatic N) is 4. The summed E-state index contributed by atoms with van der Waals surface area (Å²) in [5, 5.41) is 0. The minimum Gasteiger partial charge on any atom is -0.297 e. The number of hydrogen-bond acceptors (Lipinski definition) is 2. The van der Waals surface area contributed by atoms with E-state index in [1.54, 1.807) is 0 Å². The molecule has 182 valence electrons. The van der Waals surface area contributed by atoms with Crippen LogP contribution >= 0.6 is 0 Å². The minimum absolute atomic E-state index is 0.944. The molecular formula is C34H26N4. The van der Waals surface area contributed by atoms with Gasteiger partial charge in [0.2, 0.25) is 0 Å². The van der Waals surface area contributed by atoms with Gasteiger partial charge in [0.05, 0.1) is 22.1 Å². The summed E-state index contributed by atoms with van der Waals surface area (Å²) < 4.78 is 4.46. The van der Waals surface area contributed by atoms with E-state index < -0.39 is 0 Å². The molecule has 0 amide bonds. The van der Waals surface area contributed by atoms with Crippen LogP contribution in [0.25, 0.3) is 56.0 Å². The maximum atomic E-state index is 5.15. The Labute approximate surface area is 221 Å². The lowest BCUT2D eigenvalue weighted by molar-refractivity contribution is 1.00. The van der Waals surface area contributed by atoms with Gasteiger partial charge in [-0.05, 0) is 79.6 Å². The van der Waals surface area contributed by atoms with Gasteiger partial charge in [0.15, 0.2) is 0 Å². The molecule has 0 atom stereocenters. The normalized spacial score (nSPS) is 11.4. The molecule has 0 aliphatic carbocycles. The number of imidazole rings is 2. The van der Waals surface area contributed by atoms with Crippen LogP contribution in [0.2, 0.25) is 0 Å². The lowest BCUT2D eigenvalue weighted by atomic mass is 10.0. The molecule has 7 rings (SSSR count). The van der Waals surface area contributed by atoms with Crippen LogP contribution in [0.3, 0.4) is 0 Å². The fraction of sp³-hybridized carbons (Fsp3) is 0.0588. The molecule has 2 heterocycles. The van der Waals surface area contributed by atoms with Crippen LogP contribution in [0.15, 0.2) is 121 Å². The molecule has 2 aromatic heterocycles. The zero-order chi connectivity index (χ0) is 25.6. The molecule has 0 N–H and O–H groups in total. The van der Waals surface area contributed by atoms with Gasteiger partial charge >= 0.3 is 0 Å². The Bertz CT molecular complexity index is 1930. The lowest BCUT2D eigenvalue weighted by Gasteiger charge is -2.10. The average molecular weight is 491 g/mol. The topological polar surface area (TPSA) is 35.6 Å². The number of para-hydroxylation sites is 2. The molecule has 7 aromatic rings. The Morgan fingerprint density at radius 1 is 0.474 bits per heavy atom. The molecule has 38 heavy (non-hydrogen) atoms. The summed E-state index contributed by atoms with van der Waals surface area (Å²) in [5.41, 5.74) is 10.9. The van der Waals surface area contributed by atoms with Crippen LogP contribution in [0, 0.1) is 13.8 Å². The molecular weight excluding hydrogens is 464 g/mol. The molecule has 4 nitrogen and oxygen atoms in total. The van der Waals surface area contributed by atoms with Gasteiger partial charge in [-0.25, -0.2) is 9.97 Å². The second-order valence-electron chi connectivity index (χ2n) is 9.71. The number of aryl methyl sites for hydroxylation is 2. The molecule has 4 heteroatoms.